The molecule has 0 N–H and O–H groups in total. The third-order valence-corrected chi connectivity index (χ3v) is 5.81. The largest absolute Gasteiger partial charge is 0.497 e. The number of ether oxygens (including phenoxy) is 1. The van der Waals surface area contributed by atoms with Crippen LogP contribution in [-0.4, -0.2) is 48.2 Å². The van der Waals surface area contributed by atoms with Crippen LogP contribution < -0.4 is 9.64 Å². The minimum Gasteiger partial charge on any atom is -0.497 e. The van der Waals surface area contributed by atoms with Crippen molar-refractivity contribution in [3.05, 3.63) is 60.0 Å². The maximum atomic E-state index is 12.9. The Hall–Kier alpha value is -3.35. The summed E-state index contributed by atoms with van der Waals surface area (Å²) in [6.45, 7) is 4.17. The van der Waals surface area contributed by atoms with Gasteiger partial charge in [-0.1, -0.05) is 22.9 Å². The second-order valence-corrected chi connectivity index (χ2v) is 8.03. The van der Waals surface area contributed by atoms with E-state index in [1.54, 1.807) is 19.1 Å². The molecule has 4 rings (SSSR count). The highest BCUT2D eigenvalue weighted by molar-refractivity contribution is 5.78. The van der Waals surface area contributed by atoms with Crippen molar-refractivity contribution in [3.63, 3.8) is 0 Å². The summed E-state index contributed by atoms with van der Waals surface area (Å²) in [5.74, 6) is 1.86. The lowest BCUT2D eigenvalue weighted by atomic mass is 9.95. The molecule has 1 saturated heterocycles. The van der Waals surface area contributed by atoms with E-state index in [9.17, 15) is 4.79 Å². The van der Waals surface area contributed by atoms with Gasteiger partial charge in [0.25, 0.3) is 0 Å². The molecular formula is C24H28N4O3. The van der Waals surface area contributed by atoms with Crippen LogP contribution in [0.15, 0.2) is 53.1 Å². The van der Waals surface area contributed by atoms with Gasteiger partial charge in [-0.2, -0.15) is 4.98 Å². The Morgan fingerprint density at radius 1 is 1.13 bits per heavy atom. The molecule has 31 heavy (non-hydrogen) atoms. The average molecular weight is 421 g/mol. The van der Waals surface area contributed by atoms with Crippen LogP contribution in [0.4, 0.5) is 5.69 Å². The smallest absolute Gasteiger partial charge is 0.246 e. The lowest BCUT2D eigenvalue weighted by Crippen LogP contribution is -2.41. The summed E-state index contributed by atoms with van der Waals surface area (Å²) < 4.78 is 10.5. The number of methoxy groups -OCH3 is 1. The van der Waals surface area contributed by atoms with Crippen molar-refractivity contribution in [2.45, 2.75) is 26.3 Å². The van der Waals surface area contributed by atoms with Crippen molar-refractivity contribution < 1.29 is 14.1 Å². The van der Waals surface area contributed by atoms with Crippen molar-refractivity contribution in [2.24, 2.45) is 5.92 Å². The molecule has 0 spiro atoms. The third-order valence-electron chi connectivity index (χ3n) is 5.81. The number of piperidine rings is 1. The summed E-state index contributed by atoms with van der Waals surface area (Å²) in [5, 5.41) is 4.04. The number of benzene rings is 2. The molecular weight excluding hydrogens is 392 g/mol. The molecule has 0 radical (unpaired) electrons. The van der Waals surface area contributed by atoms with Gasteiger partial charge in [-0.05, 0) is 56.2 Å². The lowest BCUT2D eigenvalue weighted by molar-refractivity contribution is -0.135. The minimum absolute atomic E-state index is 0.0238. The molecule has 162 valence electrons. The second-order valence-electron chi connectivity index (χ2n) is 8.03. The van der Waals surface area contributed by atoms with Crippen LogP contribution in [0.3, 0.4) is 0 Å². The zero-order chi connectivity index (χ0) is 21.8. The third kappa shape index (κ3) is 4.87. The second kappa shape index (κ2) is 9.20. The number of carbonyl (C=O) groups is 1. The molecule has 0 bridgehead atoms. The first-order chi connectivity index (χ1) is 15.0. The van der Waals surface area contributed by atoms with E-state index >= 15 is 0 Å². The Bertz CT molecular complexity index is 1010. The van der Waals surface area contributed by atoms with E-state index in [1.807, 2.05) is 24.3 Å². The van der Waals surface area contributed by atoms with E-state index in [1.165, 1.54) is 11.3 Å². The van der Waals surface area contributed by atoms with Gasteiger partial charge in [0.15, 0.2) is 0 Å². The Morgan fingerprint density at radius 2 is 1.81 bits per heavy atom. The van der Waals surface area contributed by atoms with Gasteiger partial charge < -0.3 is 19.1 Å². The standard InChI is InChI=1S/C24H28N4O3/c1-17-4-8-20(9-5-17)28-14-12-19(13-15-28)24(29)27(2)16-22-25-23(26-31-22)18-6-10-21(30-3)11-7-18/h4-11,19H,12-16H2,1-3H3. The van der Waals surface area contributed by atoms with Gasteiger partial charge in [-0.15, -0.1) is 0 Å². The van der Waals surface area contributed by atoms with Crippen LogP contribution in [0, 0.1) is 12.8 Å². The number of hydrogen-bond donors (Lipinski definition) is 0. The number of aryl methyl sites for hydroxylation is 1. The summed E-state index contributed by atoms with van der Waals surface area (Å²) in [6.07, 6.45) is 1.69. The molecule has 1 aromatic heterocycles. The molecule has 3 aromatic rings. The van der Waals surface area contributed by atoms with E-state index in [2.05, 4.69) is 46.2 Å². The fraction of sp³-hybridized carbons (Fsp3) is 0.375. The maximum Gasteiger partial charge on any atom is 0.246 e. The van der Waals surface area contributed by atoms with Crippen LogP contribution in [0.1, 0.15) is 24.3 Å². The van der Waals surface area contributed by atoms with E-state index in [0.29, 0.717) is 18.3 Å². The molecule has 1 aliphatic heterocycles. The Kier molecular flexibility index (Phi) is 6.21. The lowest BCUT2D eigenvalue weighted by Gasteiger charge is -2.34. The summed E-state index contributed by atoms with van der Waals surface area (Å²) in [6, 6.07) is 16.0. The van der Waals surface area contributed by atoms with E-state index < -0.39 is 0 Å². The Morgan fingerprint density at radius 3 is 2.45 bits per heavy atom. The number of amides is 1. The molecule has 0 unspecified atom stereocenters. The average Bonchev–Trinajstić information content (AvgIpc) is 3.27. The quantitative estimate of drug-likeness (QED) is 0.602. The number of rotatable bonds is 6. The van der Waals surface area contributed by atoms with Crippen molar-refractivity contribution in [1.29, 1.82) is 0 Å². The first kappa shape index (κ1) is 20.9. The van der Waals surface area contributed by atoms with Gasteiger partial charge in [0.05, 0.1) is 13.7 Å². The zero-order valence-electron chi connectivity index (χ0n) is 18.2. The van der Waals surface area contributed by atoms with Gasteiger partial charge in [0.1, 0.15) is 5.75 Å². The highest BCUT2D eigenvalue weighted by atomic mass is 16.5. The molecule has 0 aliphatic carbocycles. The van der Waals surface area contributed by atoms with E-state index in [-0.39, 0.29) is 11.8 Å². The highest BCUT2D eigenvalue weighted by Gasteiger charge is 2.28. The highest BCUT2D eigenvalue weighted by Crippen LogP contribution is 2.25. The van der Waals surface area contributed by atoms with Crippen LogP contribution in [0.2, 0.25) is 0 Å². The molecule has 0 atom stereocenters. The van der Waals surface area contributed by atoms with Crippen molar-refractivity contribution in [3.8, 4) is 17.1 Å². The van der Waals surface area contributed by atoms with Gasteiger partial charge in [0, 0.05) is 37.3 Å². The number of aromatic nitrogens is 2. The molecule has 1 fully saturated rings. The normalized spacial score (nSPS) is 14.5. The topological polar surface area (TPSA) is 71.7 Å². The van der Waals surface area contributed by atoms with Gasteiger partial charge in [-0.3, -0.25) is 4.79 Å². The van der Waals surface area contributed by atoms with Crippen molar-refractivity contribution >= 4 is 11.6 Å². The fourth-order valence-corrected chi connectivity index (χ4v) is 3.91. The van der Waals surface area contributed by atoms with Crippen LogP contribution in [0.5, 0.6) is 5.75 Å². The predicted octanol–water partition coefficient (Wildman–Crippen LogP) is 3.93. The Labute approximate surface area is 182 Å². The van der Waals surface area contributed by atoms with E-state index in [4.69, 9.17) is 9.26 Å². The van der Waals surface area contributed by atoms with Gasteiger partial charge in [-0.25, -0.2) is 0 Å². The van der Waals surface area contributed by atoms with Crippen LogP contribution >= 0.6 is 0 Å². The van der Waals surface area contributed by atoms with Crippen LogP contribution in [0.25, 0.3) is 11.4 Å². The predicted molar refractivity (Wildman–Crippen MR) is 119 cm³/mol. The van der Waals surface area contributed by atoms with Gasteiger partial charge >= 0.3 is 0 Å². The molecule has 1 aliphatic rings. The van der Waals surface area contributed by atoms with Gasteiger partial charge in [0.2, 0.25) is 17.6 Å². The minimum atomic E-state index is 0.0238. The number of hydrogen-bond acceptors (Lipinski definition) is 6. The summed E-state index contributed by atoms with van der Waals surface area (Å²) >= 11 is 0. The van der Waals surface area contributed by atoms with E-state index in [0.717, 1.165) is 37.2 Å². The SMILES string of the molecule is COc1ccc(-c2noc(CN(C)C(=O)C3CCN(c4ccc(C)cc4)CC3)n2)cc1. The Balaban J connectivity index is 1.32. The summed E-state index contributed by atoms with van der Waals surface area (Å²) in [7, 11) is 3.42. The van der Waals surface area contributed by atoms with Crippen LogP contribution in [-0.2, 0) is 11.3 Å². The molecule has 0 saturated carbocycles. The molecule has 7 nitrogen and oxygen atoms in total. The first-order valence-corrected chi connectivity index (χ1v) is 10.6. The van der Waals surface area contributed by atoms with Crippen molar-refractivity contribution in [2.75, 3.05) is 32.1 Å². The summed E-state index contributed by atoms with van der Waals surface area (Å²) in [4.78, 5) is 21.4. The number of nitrogens with zero attached hydrogens (tertiary/aromatic N) is 4. The fourth-order valence-electron chi connectivity index (χ4n) is 3.91. The molecule has 2 aromatic carbocycles. The number of carbonyl (C=O) groups excluding carboxylic acids is 1. The first-order valence-electron chi connectivity index (χ1n) is 10.6. The monoisotopic (exact) mass is 420 g/mol. The summed E-state index contributed by atoms with van der Waals surface area (Å²) in [5.41, 5.74) is 3.32. The zero-order valence-corrected chi connectivity index (χ0v) is 18.2. The maximum absolute atomic E-state index is 12.9. The molecule has 2 heterocycles. The number of anilines is 1. The van der Waals surface area contributed by atoms with Crippen molar-refractivity contribution in [1.82, 2.24) is 15.0 Å². The molecule has 1 amide bonds. The molecule has 7 heteroatoms.